The predicted octanol–water partition coefficient (Wildman–Crippen LogP) is 3.42. The molecule has 0 saturated heterocycles. The van der Waals surface area contributed by atoms with E-state index in [4.69, 9.17) is 0 Å². The molecule has 0 saturated carbocycles. The minimum atomic E-state index is -0.280. The van der Waals surface area contributed by atoms with E-state index in [9.17, 15) is 9.18 Å². The molecule has 1 aromatic carbocycles. The quantitative estimate of drug-likeness (QED) is 0.820. The molecule has 7 heteroatoms. The van der Waals surface area contributed by atoms with Gasteiger partial charge in [0.05, 0.1) is 5.25 Å². The van der Waals surface area contributed by atoms with Crippen molar-refractivity contribution in [2.45, 2.75) is 36.9 Å². The molecule has 0 aliphatic heterocycles. The fraction of sp³-hybridized carbons (Fsp3) is 0.400. The molecule has 0 fully saturated rings. The number of hydrogen-bond donors (Lipinski definition) is 1. The minimum Gasteiger partial charge on any atom is -0.351 e. The van der Waals surface area contributed by atoms with E-state index in [1.54, 1.807) is 12.1 Å². The lowest BCUT2D eigenvalue weighted by molar-refractivity contribution is -0.121. The zero-order valence-corrected chi connectivity index (χ0v) is 14.3. The van der Waals surface area contributed by atoms with Crippen LogP contribution in [-0.4, -0.2) is 21.4 Å². The molecule has 4 nitrogen and oxygen atoms in total. The van der Waals surface area contributed by atoms with Gasteiger partial charge < -0.3 is 5.32 Å². The first-order chi connectivity index (χ1) is 10.5. The summed E-state index contributed by atoms with van der Waals surface area (Å²) in [6, 6.07) is 6.11. The molecular formula is C15H18FN3OS2. The Morgan fingerprint density at radius 3 is 2.55 bits per heavy atom. The number of nitrogens with zero attached hydrogens (tertiary/aromatic N) is 2. The van der Waals surface area contributed by atoms with E-state index in [0.717, 1.165) is 14.9 Å². The molecule has 1 amide bonds. The molecule has 0 bridgehead atoms. The van der Waals surface area contributed by atoms with E-state index in [1.807, 2.05) is 20.8 Å². The van der Waals surface area contributed by atoms with Gasteiger partial charge in [-0.25, -0.2) is 4.39 Å². The van der Waals surface area contributed by atoms with Crippen LogP contribution in [-0.2, 0) is 11.3 Å². The predicted molar refractivity (Wildman–Crippen MR) is 87.4 cm³/mol. The number of rotatable bonds is 6. The van der Waals surface area contributed by atoms with Gasteiger partial charge in [-0.1, -0.05) is 49.1 Å². The van der Waals surface area contributed by atoms with Gasteiger partial charge in [0.2, 0.25) is 5.91 Å². The van der Waals surface area contributed by atoms with Crippen LogP contribution in [0.5, 0.6) is 0 Å². The summed E-state index contributed by atoms with van der Waals surface area (Å²) >= 11 is 2.92. The zero-order valence-electron chi connectivity index (χ0n) is 12.7. The second-order valence-corrected chi connectivity index (χ2v) is 7.78. The van der Waals surface area contributed by atoms with E-state index in [1.165, 1.54) is 35.2 Å². The van der Waals surface area contributed by atoms with Crippen molar-refractivity contribution in [3.8, 4) is 0 Å². The van der Waals surface area contributed by atoms with Crippen molar-refractivity contribution in [1.29, 1.82) is 0 Å². The second-order valence-electron chi connectivity index (χ2n) is 5.21. The molecular weight excluding hydrogens is 321 g/mol. The third-order valence-electron chi connectivity index (χ3n) is 2.98. The van der Waals surface area contributed by atoms with Crippen molar-refractivity contribution >= 4 is 29.0 Å². The Balaban J connectivity index is 1.96. The van der Waals surface area contributed by atoms with Gasteiger partial charge in [-0.3, -0.25) is 4.79 Å². The average Bonchev–Trinajstić information content (AvgIpc) is 2.89. The number of benzene rings is 1. The Bertz CT molecular complexity index is 628. The van der Waals surface area contributed by atoms with Crippen molar-refractivity contribution in [1.82, 2.24) is 15.5 Å². The molecule has 0 radical (unpaired) electrons. The molecule has 1 N–H and O–H groups in total. The summed E-state index contributed by atoms with van der Waals surface area (Å²) in [6.45, 7) is 6.28. The highest BCUT2D eigenvalue weighted by molar-refractivity contribution is 8.02. The molecule has 0 aliphatic carbocycles. The van der Waals surface area contributed by atoms with Gasteiger partial charge in [0.25, 0.3) is 0 Å². The standard InChI is InChI=1S/C15H18FN3OS2/c1-9(2)13(22-15-19-18-10(3)21-15)14(20)17-8-11-4-6-12(16)7-5-11/h4-7,9,13H,8H2,1-3H3,(H,17,20). The van der Waals surface area contributed by atoms with Crippen LogP contribution >= 0.6 is 23.1 Å². The summed E-state index contributed by atoms with van der Waals surface area (Å²) in [5.41, 5.74) is 0.869. The molecule has 0 aliphatic rings. The van der Waals surface area contributed by atoms with E-state index >= 15 is 0 Å². The van der Waals surface area contributed by atoms with Crippen LogP contribution in [0.15, 0.2) is 28.6 Å². The Labute approximate surface area is 137 Å². The maximum atomic E-state index is 12.9. The third-order valence-corrected chi connectivity index (χ3v) is 5.45. The highest BCUT2D eigenvalue weighted by Crippen LogP contribution is 2.30. The normalized spacial score (nSPS) is 12.4. The first kappa shape index (κ1) is 16.9. The minimum absolute atomic E-state index is 0.0443. The van der Waals surface area contributed by atoms with Gasteiger partial charge in [-0.15, -0.1) is 10.2 Å². The molecule has 1 aromatic heterocycles. The van der Waals surface area contributed by atoms with Gasteiger partial charge in [0.15, 0.2) is 4.34 Å². The molecule has 1 atom stereocenters. The van der Waals surface area contributed by atoms with Crippen molar-refractivity contribution in [2.75, 3.05) is 0 Å². The number of carbonyl (C=O) groups is 1. The number of carbonyl (C=O) groups excluding carboxylic acids is 1. The maximum absolute atomic E-state index is 12.9. The summed E-state index contributed by atoms with van der Waals surface area (Å²) in [7, 11) is 0. The lowest BCUT2D eigenvalue weighted by Gasteiger charge is -2.18. The van der Waals surface area contributed by atoms with Crippen LogP contribution < -0.4 is 5.32 Å². The first-order valence-electron chi connectivity index (χ1n) is 6.94. The molecule has 1 unspecified atom stereocenters. The van der Waals surface area contributed by atoms with Crippen molar-refractivity contribution in [2.24, 2.45) is 5.92 Å². The summed E-state index contributed by atoms with van der Waals surface area (Å²) in [4.78, 5) is 12.4. The first-order valence-corrected chi connectivity index (χ1v) is 8.64. The largest absolute Gasteiger partial charge is 0.351 e. The van der Waals surface area contributed by atoms with Crippen molar-refractivity contribution < 1.29 is 9.18 Å². The molecule has 0 spiro atoms. The summed E-state index contributed by atoms with van der Waals surface area (Å²) in [5.74, 6) is -0.156. The van der Waals surface area contributed by atoms with Gasteiger partial charge in [0, 0.05) is 6.54 Å². The molecule has 118 valence electrons. The van der Waals surface area contributed by atoms with Crippen LogP contribution in [0.2, 0.25) is 0 Å². The van der Waals surface area contributed by atoms with Crippen molar-refractivity contribution in [3.05, 3.63) is 40.7 Å². The van der Waals surface area contributed by atoms with E-state index in [2.05, 4.69) is 15.5 Å². The number of nitrogens with one attached hydrogen (secondary N) is 1. The number of halogens is 1. The number of amides is 1. The van der Waals surface area contributed by atoms with Crippen LogP contribution in [0.4, 0.5) is 4.39 Å². The number of aryl methyl sites for hydroxylation is 1. The molecule has 2 aromatic rings. The van der Waals surface area contributed by atoms with E-state index in [0.29, 0.717) is 6.54 Å². The fourth-order valence-electron chi connectivity index (χ4n) is 1.82. The monoisotopic (exact) mass is 339 g/mol. The summed E-state index contributed by atoms with van der Waals surface area (Å²) in [6.07, 6.45) is 0. The zero-order chi connectivity index (χ0) is 16.1. The van der Waals surface area contributed by atoms with Crippen LogP contribution in [0.1, 0.15) is 24.4 Å². The highest BCUT2D eigenvalue weighted by atomic mass is 32.2. The van der Waals surface area contributed by atoms with Crippen molar-refractivity contribution in [3.63, 3.8) is 0 Å². The third kappa shape index (κ3) is 4.78. The number of aromatic nitrogens is 2. The smallest absolute Gasteiger partial charge is 0.234 e. The van der Waals surface area contributed by atoms with Gasteiger partial charge in [-0.2, -0.15) is 0 Å². The van der Waals surface area contributed by atoms with Crippen LogP contribution in [0.3, 0.4) is 0 Å². The van der Waals surface area contributed by atoms with Gasteiger partial charge >= 0.3 is 0 Å². The highest BCUT2D eigenvalue weighted by Gasteiger charge is 2.24. The molecule has 2 rings (SSSR count). The Kier molecular flexibility index (Phi) is 5.90. The van der Waals surface area contributed by atoms with Gasteiger partial charge in [0.1, 0.15) is 10.8 Å². The fourth-order valence-corrected chi connectivity index (χ4v) is 3.87. The number of thioether (sulfide) groups is 1. The summed E-state index contributed by atoms with van der Waals surface area (Å²) in [5, 5.41) is 11.6. The topological polar surface area (TPSA) is 54.9 Å². The summed E-state index contributed by atoms with van der Waals surface area (Å²) < 4.78 is 13.7. The molecule has 22 heavy (non-hydrogen) atoms. The Morgan fingerprint density at radius 1 is 1.32 bits per heavy atom. The van der Waals surface area contributed by atoms with Crippen LogP contribution in [0.25, 0.3) is 0 Å². The lowest BCUT2D eigenvalue weighted by Crippen LogP contribution is -2.35. The van der Waals surface area contributed by atoms with E-state index in [-0.39, 0.29) is 22.9 Å². The maximum Gasteiger partial charge on any atom is 0.234 e. The Morgan fingerprint density at radius 2 is 2.00 bits per heavy atom. The van der Waals surface area contributed by atoms with Gasteiger partial charge in [-0.05, 0) is 30.5 Å². The number of hydrogen-bond acceptors (Lipinski definition) is 5. The average molecular weight is 339 g/mol. The SMILES string of the molecule is Cc1nnc(SC(C(=O)NCc2ccc(F)cc2)C(C)C)s1. The molecule has 1 heterocycles. The lowest BCUT2D eigenvalue weighted by atomic mass is 10.1. The van der Waals surface area contributed by atoms with Crippen LogP contribution in [0, 0.1) is 18.7 Å². The Hall–Kier alpha value is -1.47. The van der Waals surface area contributed by atoms with E-state index < -0.39 is 0 Å². The second kappa shape index (κ2) is 7.69.